The van der Waals surface area contributed by atoms with Gasteiger partial charge in [0.15, 0.2) is 6.17 Å². The number of alkyl halides is 1. The SMILES string of the molecule is COc1cc(N2CCC(Oc3ccc(N4CCC[C@@H]4CC(=O)O)cc3)C(F)C2)c(Cl)cn1. The lowest BCUT2D eigenvalue weighted by atomic mass is 10.0. The first-order valence-electron chi connectivity index (χ1n) is 10.8. The van der Waals surface area contributed by atoms with Crippen LogP contribution in [0, 0.1) is 0 Å². The lowest BCUT2D eigenvalue weighted by Crippen LogP contribution is -2.47. The van der Waals surface area contributed by atoms with Crippen molar-refractivity contribution in [2.75, 3.05) is 36.5 Å². The van der Waals surface area contributed by atoms with Crippen LogP contribution in [0.25, 0.3) is 0 Å². The maximum absolute atomic E-state index is 15.0. The molecule has 3 atom stereocenters. The molecule has 2 aliphatic heterocycles. The molecule has 2 fully saturated rings. The number of aliphatic carboxylic acids is 1. The molecule has 2 saturated heterocycles. The maximum atomic E-state index is 15.0. The van der Waals surface area contributed by atoms with Gasteiger partial charge in [0.2, 0.25) is 5.88 Å². The second-order valence-corrected chi connectivity index (χ2v) is 8.57. The molecule has 0 aliphatic carbocycles. The van der Waals surface area contributed by atoms with Crippen molar-refractivity contribution in [1.82, 2.24) is 4.98 Å². The Morgan fingerprint density at radius 3 is 2.75 bits per heavy atom. The van der Waals surface area contributed by atoms with Gasteiger partial charge in [-0.1, -0.05) is 11.6 Å². The van der Waals surface area contributed by atoms with Crippen LogP contribution in [0.4, 0.5) is 15.8 Å². The summed E-state index contributed by atoms with van der Waals surface area (Å²) in [5.74, 6) is 0.253. The van der Waals surface area contributed by atoms with Gasteiger partial charge in [0.25, 0.3) is 0 Å². The average molecular weight is 464 g/mol. The number of pyridine rings is 1. The molecule has 32 heavy (non-hydrogen) atoms. The van der Waals surface area contributed by atoms with Gasteiger partial charge in [-0.15, -0.1) is 0 Å². The van der Waals surface area contributed by atoms with E-state index in [-0.39, 0.29) is 19.0 Å². The largest absolute Gasteiger partial charge is 0.487 e. The third-order valence-corrected chi connectivity index (χ3v) is 6.38. The summed E-state index contributed by atoms with van der Waals surface area (Å²) in [7, 11) is 1.53. The summed E-state index contributed by atoms with van der Waals surface area (Å²) in [5, 5.41) is 9.58. The Labute approximate surface area is 191 Å². The van der Waals surface area contributed by atoms with E-state index in [4.69, 9.17) is 26.2 Å². The van der Waals surface area contributed by atoms with Crippen molar-refractivity contribution in [3.8, 4) is 11.6 Å². The molecule has 2 aromatic rings. The molecule has 3 heterocycles. The van der Waals surface area contributed by atoms with Crippen molar-refractivity contribution in [2.24, 2.45) is 0 Å². The lowest BCUT2D eigenvalue weighted by Gasteiger charge is -2.36. The minimum atomic E-state index is -1.18. The summed E-state index contributed by atoms with van der Waals surface area (Å²) in [6.07, 6.45) is 2.27. The zero-order valence-electron chi connectivity index (χ0n) is 17.9. The lowest BCUT2D eigenvalue weighted by molar-refractivity contribution is -0.137. The van der Waals surface area contributed by atoms with E-state index in [0.717, 1.165) is 25.1 Å². The van der Waals surface area contributed by atoms with Crippen LogP contribution in [-0.2, 0) is 4.79 Å². The van der Waals surface area contributed by atoms with Crippen molar-refractivity contribution in [1.29, 1.82) is 0 Å². The summed E-state index contributed by atoms with van der Waals surface area (Å²) >= 11 is 6.26. The smallest absolute Gasteiger partial charge is 0.305 e. The van der Waals surface area contributed by atoms with E-state index in [1.54, 1.807) is 6.07 Å². The van der Waals surface area contributed by atoms with Gasteiger partial charge in [0.05, 0.1) is 37.0 Å². The Bertz CT molecular complexity index is 945. The van der Waals surface area contributed by atoms with Crippen LogP contribution in [0.15, 0.2) is 36.5 Å². The molecule has 1 aromatic heterocycles. The maximum Gasteiger partial charge on any atom is 0.305 e. The van der Waals surface area contributed by atoms with Gasteiger partial charge < -0.3 is 24.4 Å². The highest BCUT2D eigenvalue weighted by molar-refractivity contribution is 6.33. The number of benzene rings is 1. The number of hydrogen-bond donors (Lipinski definition) is 1. The van der Waals surface area contributed by atoms with Gasteiger partial charge in [0, 0.05) is 37.3 Å². The molecule has 1 aromatic carbocycles. The zero-order chi connectivity index (χ0) is 22.7. The van der Waals surface area contributed by atoms with Crippen LogP contribution >= 0.6 is 11.6 Å². The Morgan fingerprint density at radius 2 is 2.06 bits per heavy atom. The molecule has 1 N–H and O–H groups in total. The van der Waals surface area contributed by atoms with Gasteiger partial charge in [-0.2, -0.15) is 0 Å². The number of carbonyl (C=O) groups is 1. The molecule has 2 aliphatic rings. The second kappa shape index (κ2) is 9.81. The quantitative estimate of drug-likeness (QED) is 0.660. The number of piperidine rings is 1. The standard InChI is InChI=1S/C23H27ClFN3O4/c1-31-22-12-20(18(24)13-26-22)27-10-8-21(19(25)14-27)32-17-6-4-15(5-7-17)28-9-2-3-16(28)11-23(29)30/h4-7,12-13,16,19,21H,2-3,8-11,14H2,1H3,(H,29,30)/t16-,19?,21?/m1/s1. The van der Waals surface area contributed by atoms with E-state index in [1.165, 1.54) is 13.3 Å². The zero-order valence-corrected chi connectivity index (χ0v) is 18.7. The van der Waals surface area contributed by atoms with Crippen molar-refractivity contribution in [2.45, 2.75) is 44.0 Å². The highest BCUT2D eigenvalue weighted by Gasteiger charge is 2.32. The van der Waals surface area contributed by atoms with Gasteiger partial charge in [0.1, 0.15) is 11.9 Å². The first kappa shape index (κ1) is 22.5. The molecule has 172 valence electrons. The number of hydrogen-bond acceptors (Lipinski definition) is 6. The predicted octanol–water partition coefficient (Wildman–Crippen LogP) is 4.18. The number of anilines is 2. The topological polar surface area (TPSA) is 75.1 Å². The van der Waals surface area contributed by atoms with Crippen molar-refractivity contribution >= 4 is 28.9 Å². The average Bonchev–Trinajstić information content (AvgIpc) is 3.23. The molecule has 0 amide bonds. The molecule has 2 unspecified atom stereocenters. The highest BCUT2D eigenvalue weighted by atomic mass is 35.5. The summed E-state index contributed by atoms with van der Waals surface area (Å²) in [6.45, 7) is 1.60. The van der Waals surface area contributed by atoms with E-state index in [1.807, 2.05) is 29.2 Å². The normalized spacial score (nSPS) is 23.3. The van der Waals surface area contributed by atoms with E-state index in [9.17, 15) is 9.18 Å². The molecule has 0 bridgehead atoms. The molecule has 9 heteroatoms. The Morgan fingerprint density at radius 1 is 1.28 bits per heavy atom. The fourth-order valence-corrected chi connectivity index (χ4v) is 4.70. The van der Waals surface area contributed by atoms with E-state index in [0.29, 0.717) is 35.3 Å². The van der Waals surface area contributed by atoms with Gasteiger partial charge >= 0.3 is 5.97 Å². The summed E-state index contributed by atoms with van der Waals surface area (Å²) in [6, 6.07) is 9.22. The third kappa shape index (κ3) is 5.01. The van der Waals surface area contributed by atoms with Crippen molar-refractivity contribution in [3.63, 3.8) is 0 Å². The van der Waals surface area contributed by atoms with Gasteiger partial charge in [-0.05, 0) is 37.1 Å². The van der Waals surface area contributed by atoms with Crippen LogP contribution in [0.5, 0.6) is 11.6 Å². The molecular weight excluding hydrogens is 437 g/mol. The number of ether oxygens (including phenoxy) is 2. The van der Waals surface area contributed by atoms with Gasteiger partial charge in [-0.3, -0.25) is 4.79 Å². The van der Waals surface area contributed by atoms with Crippen LogP contribution in [-0.4, -0.2) is 61.1 Å². The van der Waals surface area contributed by atoms with Crippen LogP contribution in [0.3, 0.4) is 0 Å². The summed E-state index contributed by atoms with van der Waals surface area (Å²) in [5.41, 5.74) is 1.67. The first-order chi connectivity index (χ1) is 15.4. The number of nitrogens with zero attached hydrogens (tertiary/aromatic N) is 3. The number of halogens is 2. The number of carboxylic acids is 1. The van der Waals surface area contributed by atoms with Crippen LogP contribution in [0.1, 0.15) is 25.7 Å². The molecule has 0 saturated carbocycles. The van der Waals surface area contributed by atoms with Crippen molar-refractivity contribution < 1.29 is 23.8 Å². The van der Waals surface area contributed by atoms with E-state index < -0.39 is 18.2 Å². The fraction of sp³-hybridized carbons (Fsp3) is 0.478. The number of rotatable bonds is 7. The Balaban J connectivity index is 1.37. The van der Waals surface area contributed by atoms with Crippen LogP contribution < -0.4 is 19.3 Å². The monoisotopic (exact) mass is 463 g/mol. The Kier molecular flexibility index (Phi) is 6.89. The first-order valence-corrected chi connectivity index (χ1v) is 11.2. The predicted molar refractivity (Wildman–Crippen MR) is 121 cm³/mol. The molecule has 0 spiro atoms. The fourth-order valence-electron chi connectivity index (χ4n) is 4.48. The molecular formula is C23H27ClFN3O4. The van der Waals surface area contributed by atoms with E-state index >= 15 is 0 Å². The third-order valence-electron chi connectivity index (χ3n) is 6.08. The molecule has 4 rings (SSSR count). The van der Waals surface area contributed by atoms with Gasteiger partial charge in [-0.25, -0.2) is 9.37 Å². The highest BCUT2D eigenvalue weighted by Crippen LogP contribution is 2.33. The van der Waals surface area contributed by atoms with E-state index in [2.05, 4.69) is 9.88 Å². The molecule has 7 nitrogen and oxygen atoms in total. The number of carboxylic acid groups (broad SMARTS) is 1. The second-order valence-electron chi connectivity index (χ2n) is 8.17. The molecule has 0 radical (unpaired) electrons. The number of aromatic nitrogens is 1. The minimum absolute atomic E-state index is 0.0115. The summed E-state index contributed by atoms with van der Waals surface area (Å²) < 4.78 is 26.1. The minimum Gasteiger partial charge on any atom is -0.487 e. The number of methoxy groups -OCH3 is 1. The summed E-state index contributed by atoms with van der Waals surface area (Å²) in [4.78, 5) is 19.2. The van der Waals surface area contributed by atoms with Crippen LogP contribution in [0.2, 0.25) is 5.02 Å². The Hall–Kier alpha value is -2.74. The van der Waals surface area contributed by atoms with Crippen molar-refractivity contribution in [3.05, 3.63) is 41.6 Å².